The number of pyridine rings is 3. The number of anilines is 3. The molecular weight excluding hydrogens is 1410 g/mol. The van der Waals surface area contributed by atoms with E-state index in [0.717, 1.165) is 223 Å². The Morgan fingerprint density at radius 2 is 0.772 bits per heavy atom. The minimum absolute atomic E-state index is 0.0391. The van der Waals surface area contributed by atoms with Crippen LogP contribution in [0.5, 0.6) is 0 Å². The maximum atomic E-state index is 12.4. The number of hydrogen-bond donors (Lipinski definition) is 4. The zero-order valence-electron chi connectivity index (χ0n) is 65.6. The van der Waals surface area contributed by atoms with E-state index in [4.69, 9.17) is 51.8 Å². The van der Waals surface area contributed by atoms with E-state index in [1.54, 1.807) is 18.6 Å². The number of amides is 1. The van der Waals surface area contributed by atoms with Crippen LogP contribution in [-0.2, 0) is 9.53 Å². The van der Waals surface area contributed by atoms with E-state index in [0.29, 0.717) is 54.3 Å². The van der Waals surface area contributed by atoms with Crippen LogP contribution >= 0.6 is 0 Å². The fraction of sp³-hybridized carbons (Fsp3) is 0.319. The van der Waals surface area contributed by atoms with E-state index in [1.807, 2.05) is 73.2 Å². The summed E-state index contributed by atoms with van der Waals surface area (Å²) < 4.78 is 12.0. The molecule has 0 radical (unpaired) electrons. The lowest BCUT2D eigenvalue weighted by atomic mass is 9.81. The van der Waals surface area contributed by atoms with E-state index in [-0.39, 0.29) is 12.0 Å². The molecule has 1 saturated heterocycles. The molecule has 20 nitrogen and oxygen atoms in total. The number of hydrogen-bond acceptors (Lipinski definition) is 16. The van der Waals surface area contributed by atoms with E-state index in [1.165, 1.54) is 32.2 Å². The smallest absolute Gasteiger partial charge is 0.249 e. The van der Waals surface area contributed by atoms with Gasteiger partial charge in [0.1, 0.15) is 74.7 Å². The van der Waals surface area contributed by atoms with Gasteiger partial charge in [-0.15, -0.1) is 0 Å². The van der Waals surface area contributed by atoms with Gasteiger partial charge in [0.15, 0.2) is 0 Å². The first-order valence-electron chi connectivity index (χ1n) is 40.8. The molecule has 9 aromatic heterocycles. The third-order valence-corrected chi connectivity index (χ3v) is 24.1. The van der Waals surface area contributed by atoms with Gasteiger partial charge in [-0.1, -0.05) is 153 Å². The van der Waals surface area contributed by atoms with Crippen molar-refractivity contribution < 1.29 is 9.53 Å². The number of nitrogens with one attached hydrogen (secondary N) is 1. The first-order chi connectivity index (χ1) is 55.8. The highest BCUT2D eigenvalue weighted by atomic mass is 16.5. The molecule has 7 N–H and O–H groups in total. The van der Waals surface area contributed by atoms with E-state index in [9.17, 15) is 4.79 Å². The van der Waals surface area contributed by atoms with Crippen molar-refractivity contribution in [1.82, 2.24) is 73.2 Å². The van der Waals surface area contributed by atoms with Gasteiger partial charge < -0.3 is 37.1 Å². The molecule has 1 aliphatic heterocycles. The van der Waals surface area contributed by atoms with Crippen LogP contribution in [0.4, 0.5) is 17.5 Å². The van der Waals surface area contributed by atoms with Crippen molar-refractivity contribution in [3.63, 3.8) is 0 Å². The number of carbonyl (C=O) groups is 1. The monoisotopic (exact) mass is 1510 g/mol. The van der Waals surface area contributed by atoms with Crippen LogP contribution in [0.25, 0.3) is 117 Å². The molecule has 3 saturated carbocycles. The topological polar surface area (TPSA) is 252 Å². The first kappa shape index (κ1) is 74.9. The van der Waals surface area contributed by atoms with E-state index < -0.39 is 0 Å². The number of nitrogens with zero attached hydrogens (tertiary/aromatic N) is 14. The third-order valence-electron chi connectivity index (χ3n) is 24.1. The second kappa shape index (κ2) is 33.5. The third kappa shape index (κ3) is 16.0. The molecule has 1 amide bonds. The fourth-order valence-electron chi connectivity index (χ4n) is 17.9. The van der Waals surface area contributed by atoms with Crippen molar-refractivity contribution in [2.75, 3.05) is 71.1 Å². The average molecular weight is 1510 g/mol. The molecule has 0 spiro atoms. The summed E-state index contributed by atoms with van der Waals surface area (Å²) in [6.45, 7) is 7.08. The Labute approximate surface area is 665 Å². The number of rotatable bonds is 17. The van der Waals surface area contributed by atoms with Crippen molar-refractivity contribution in [2.45, 2.75) is 121 Å². The maximum absolute atomic E-state index is 12.4. The van der Waals surface area contributed by atoms with Gasteiger partial charge in [-0.3, -0.25) is 18.0 Å². The molecule has 114 heavy (non-hydrogen) atoms. The quantitative estimate of drug-likeness (QED) is 0.0661. The zero-order valence-corrected chi connectivity index (χ0v) is 65.6. The van der Waals surface area contributed by atoms with E-state index >= 15 is 0 Å². The molecule has 4 aliphatic rings. The van der Waals surface area contributed by atoms with Crippen molar-refractivity contribution >= 4 is 72.6 Å². The number of imidazole rings is 3. The van der Waals surface area contributed by atoms with Crippen molar-refractivity contribution in [3.8, 4) is 67.5 Å². The summed E-state index contributed by atoms with van der Waals surface area (Å²) in [7, 11) is 6.55. The van der Waals surface area contributed by atoms with Crippen molar-refractivity contribution in [1.29, 1.82) is 0 Å². The van der Waals surface area contributed by atoms with Crippen LogP contribution in [0, 0.1) is 17.8 Å². The number of ether oxygens (including phenoxy) is 1. The standard InChI is InChI=1S/C33H34N6O2.C31H34N6.C30H32N6/c34-31-30-29(25-13-12-23-14-15-26(37-27(23)19-25)22-5-2-1-3-6-22)38-32(39(30)17-16-35-31)24-10-8-21(9-11-24)20-36-33(40)28-7-4-18-41-28;1-3-36(2)20-21-9-11-24(12-10-21)31-35-28(29-30(32)33-17-18-37(29)31)25-14-13-23-15-16-26(34-27(23)19-25)22-7-5-4-6-8-22;1-35(2)19-20-8-10-23(11-9-20)30-34-27(28-29(31)32-16-17-36(28)30)24-13-12-22-14-15-25(33-26(22)18-24)21-6-4-3-5-7-21/h1-3,5-6,12-17,19,21,24,28H,4,7-11,18,20H2,(H2,34,35)(H,36,40);4-8,13-19,21,24H,3,9-12,20H2,1-2H3,(H2,32,33);3-7,12-18,20,23H,8-11,19H2,1-2H3,(H2,31,32). The summed E-state index contributed by atoms with van der Waals surface area (Å²) in [5.74, 6) is 7.93. The Kier molecular flexibility index (Phi) is 22.0. The second-order valence-corrected chi connectivity index (χ2v) is 32.0. The molecule has 578 valence electrons. The minimum Gasteiger partial charge on any atom is -0.382 e. The van der Waals surface area contributed by atoms with Gasteiger partial charge in [-0.25, -0.2) is 44.9 Å². The fourth-order valence-corrected chi connectivity index (χ4v) is 17.9. The van der Waals surface area contributed by atoms with Crippen LogP contribution < -0.4 is 22.5 Å². The van der Waals surface area contributed by atoms with Gasteiger partial charge in [0.05, 0.1) is 33.6 Å². The minimum atomic E-state index is -0.268. The molecule has 1 unspecified atom stereocenters. The molecule has 4 fully saturated rings. The Bertz CT molecular complexity index is 5890. The van der Waals surface area contributed by atoms with Crippen molar-refractivity contribution in [2.24, 2.45) is 17.8 Å². The highest BCUT2D eigenvalue weighted by molar-refractivity contribution is 5.95. The second-order valence-electron chi connectivity index (χ2n) is 32.0. The van der Waals surface area contributed by atoms with Gasteiger partial charge in [0, 0.05) is 131 Å². The number of carbonyl (C=O) groups excluding carboxylic acids is 1. The van der Waals surface area contributed by atoms with Crippen LogP contribution in [0.1, 0.15) is 132 Å². The SMILES string of the molecule is CCN(C)CC1CCC(c2nc(-c3ccc4ccc(-c5ccccc5)nc4c3)c3c(N)nccn23)CC1.CN(C)CC1CCC(c2nc(-c3ccc4ccc(-c5ccccc5)nc4c3)c3c(N)nccn23)CC1.Nc1nccn2c(C3CCC(CNC(=O)C4CCCO4)CC3)nc(-c3ccc4ccc(-c5ccccc5)nc4c3)c12. The maximum Gasteiger partial charge on any atom is 0.249 e. The number of benzene rings is 6. The predicted molar refractivity (Wildman–Crippen MR) is 459 cm³/mol. The van der Waals surface area contributed by atoms with E-state index in [2.05, 4.69) is 199 Å². The van der Waals surface area contributed by atoms with Crippen LogP contribution in [0.15, 0.2) is 219 Å². The molecule has 6 aromatic carbocycles. The van der Waals surface area contributed by atoms with Crippen LogP contribution in [-0.4, -0.2) is 134 Å². The Balaban J connectivity index is 0.000000124. The zero-order chi connectivity index (χ0) is 77.8. The highest BCUT2D eigenvalue weighted by Gasteiger charge is 2.33. The average Bonchev–Trinajstić information content (AvgIpc) is 1.63. The van der Waals surface area contributed by atoms with Gasteiger partial charge in [0.25, 0.3) is 0 Å². The molecule has 15 aromatic rings. The lowest BCUT2D eigenvalue weighted by Crippen LogP contribution is -2.37. The summed E-state index contributed by atoms with van der Waals surface area (Å²) in [4.78, 5) is 61.0. The largest absolute Gasteiger partial charge is 0.382 e. The molecule has 10 heterocycles. The first-order valence-corrected chi connectivity index (χ1v) is 40.8. The normalized spacial score (nSPS) is 19.2. The molecule has 3 aliphatic carbocycles. The Morgan fingerprint density at radius 1 is 0.421 bits per heavy atom. The van der Waals surface area contributed by atoms with Crippen molar-refractivity contribution in [3.05, 3.63) is 237 Å². The van der Waals surface area contributed by atoms with Gasteiger partial charge in [-0.2, -0.15) is 0 Å². The lowest BCUT2D eigenvalue weighted by molar-refractivity contribution is -0.130. The number of nitrogen functional groups attached to an aromatic ring is 3. The van der Waals surface area contributed by atoms with Crippen LogP contribution in [0.2, 0.25) is 0 Å². The molecule has 20 heteroatoms. The molecular formula is C94H100N18O2. The Morgan fingerprint density at radius 3 is 1.11 bits per heavy atom. The van der Waals surface area contributed by atoms with Gasteiger partial charge >= 0.3 is 0 Å². The highest BCUT2D eigenvalue weighted by Crippen LogP contribution is 2.44. The summed E-state index contributed by atoms with van der Waals surface area (Å²) >= 11 is 0. The number of nitrogens with two attached hydrogens (primary N) is 3. The number of aromatic nitrogens is 12. The summed E-state index contributed by atoms with van der Waals surface area (Å²) in [5.41, 5.74) is 36.6. The predicted octanol–water partition coefficient (Wildman–Crippen LogP) is 18.2. The summed E-state index contributed by atoms with van der Waals surface area (Å²) in [6.07, 6.45) is 26.5. The molecule has 1 atom stereocenters. The summed E-state index contributed by atoms with van der Waals surface area (Å²) in [6, 6.07) is 62.5. The number of fused-ring (bicyclic) bond motifs is 6. The molecule has 0 bridgehead atoms. The van der Waals surface area contributed by atoms with Gasteiger partial charge in [0.2, 0.25) is 5.91 Å². The Hall–Kier alpha value is -11.8. The lowest BCUT2D eigenvalue weighted by Gasteiger charge is -2.30. The van der Waals surface area contributed by atoms with Gasteiger partial charge in [-0.05, 0) is 172 Å². The van der Waals surface area contributed by atoms with Crippen LogP contribution in [0.3, 0.4) is 0 Å². The molecule has 19 rings (SSSR count). The summed E-state index contributed by atoms with van der Waals surface area (Å²) in [5, 5.41) is 6.41.